The highest BCUT2D eigenvalue weighted by molar-refractivity contribution is 7.93. The van der Waals surface area contributed by atoms with Crippen molar-refractivity contribution in [3.05, 3.63) is 23.3 Å². The Morgan fingerprint density at radius 3 is 2.42 bits per heavy atom. The Morgan fingerprint density at radius 2 is 1.79 bits per heavy atom. The standard InChI is InChI=1S/C14H22N2O2S/c1-10-8-9-13(11(2)14(10)15)16-19(17,18)12-6-4-3-5-7-12/h8-9,12,16H,3-7,15H2,1-2H3. The Kier molecular flexibility index (Phi) is 4.04. The molecule has 0 saturated heterocycles. The summed E-state index contributed by atoms with van der Waals surface area (Å²) >= 11 is 0. The second kappa shape index (κ2) is 5.41. The van der Waals surface area contributed by atoms with E-state index in [1.54, 1.807) is 6.07 Å². The van der Waals surface area contributed by atoms with E-state index in [1.165, 1.54) is 0 Å². The van der Waals surface area contributed by atoms with Crippen molar-refractivity contribution in [1.29, 1.82) is 0 Å². The lowest BCUT2D eigenvalue weighted by molar-refractivity contribution is 0.486. The highest BCUT2D eigenvalue weighted by atomic mass is 32.2. The normalized spacial score (nSPS) is 17.4. The first kappa shape index (κ1) is 14.2. The van der Waals surface area contributed by atoms with Crippen LogP contribution >= 0.6 is 0 Å². The fraction of sp³-hybridized carbons (Fsp3) is 0.571. The van der Waals surface area contributed by atoms with Gasteiger partial charge in [0.05, 0.1) is 10.9 Å². The molecule has 0 atom stereocenters. The van der Waals surface area contributed by atoms with E-state index in [1.807, 2.05) is 19.9 Å². The van der Waals surface area contributed by atoms with E-state index in [0.29, 0.717) is 11.4 Å². The molecule has 0 heterocycles. The minimum atomic E-state index is -3.29. The third-order valence-corrected chi connectivity index (χ3v) is 5.83. The first-order valence-electron chi connectivity index (χ1n) is 6.79. The van der Waals surface area contributed by atoms with Crippen molar-refractivity contribution in [2.75, 3.05) is 10.5 Å². The van der Waals surface area contributed by atoms with Crippen molar-refractivity contribution in [1.82, 2.24) is 0 Å². The first-order chi connectivity index (χ1) is 8.92. The summed E-state index contributed by atoms with van der Waals surface area (Å²) in [7, 11) is -3.29. The second-order valence-corrected chi connectivity index (χ2v) is 7.34. The molecule has 4 nitrogen and oxygen atoms in total. The van der Waals surface area contributed by atoms with E-state index >= 15 is 0 Å². The van der Waals surface area contributed by atoms with Gasteiger partial charge in [0, 0.05) is 5.69 Å². The summed E-state index contributed by atoms with van der Waals surface area (Å²) < 4.78 is 27.4. The van der Waals surface area contributed by atoms with E-state index in [2.05, 4.69) is 4.72 Å². The summed E-state index contributed by atoms with van der Waals surface area (Å²) in [6.07, 6.45) is 4.66. The fourth-order valence-electron chi connectivity index (χ4n) is 2.59. The Morgan fingerprint density at radius 1 is 1.16 bits per heavy atom. The Bertz CT molecular complexity index is 561. The van der Waals surface area contributed by atoms with Crippen LogP contribution in [0.4, 0.5) is 11.4 Å². The van der Waals surface area contributed by atoms with Gasteiger partial charge in [-0.1, -0.05) is 25.3 Å². The molecule has 106 valence electrons. The van der Waals surface area contributed by atoms with Crippen LogP contribution < -0.4 is 10.5 Å². The van der Waals surface area contributed by atoms with Crippen LogP contribution in [0.5, 0.6) is 0 Å². The second-order valence-electron chi connectivity index (χ2n) is 5.38. The molecule has 1 saturated carbocycles. The molecule has 19 heavy (non-hydrogen) atoms. The lowest BCUT2D eigenvalue weighted by Gasteiger charge is -2.23. The Labute approximate surface area is 115 Å². The Hall–Kier alpha value is -1.23. The molecule has 0 spiro atoms. The summed E-state index contributed by atoms with van der Waals surface area (Å²) in [5, 5.41) is -0.261. The number of sulfonamides is 1. The molecule has 0 unspecified atom stereocenters. The van der Waals surface area contributed by atoms with Crippen molar-refractivity contribution in [2.45, 2.75) is 51.2 Å². The summed E-state index contributed by atoms with van der Waals surface area (Å²) in [4.78, 5) is 0. The maximum absolute atomic E-state index is 12.4. The lowest BCUT2D eigenvalue weighted by atomic mass is 10.0. The van der Waals surface area contributed by atoms with Gasteiger partial charge in [0.15, 0.2) is 0 Å². The van der Waals surface area contributed by atoms with Crippen molar-refractivity contribution in [3.63, 3.8) is 0 Å². The molecule has 0 aliphatic heterocycles. The number of aryl methyl sites for hydroxylation is 1. The summed E-state index contributed by atoms with van der Waals surface area (Å²) in [5.41, 5.74) is 8.98. The molecule has 0 radical (unpaired) electrons. The SMILES string of the molecule is Cc1ccc(NS(=O)(=O)C2CCCCC2)c(C)c1N. The van der Waals surface area contributed by atoms with Crippen LogP contribution in [-0.2, 0) is 10.0 Å². The van der Waals surface area contributed by atoms with E-state index < -0.39 is 10.0 Å². The number of nitrogens with one attached hydrogen (secondary N) is 1. The van der Waals surface area contributed by atoms with Gasteiger partial charge < -0.3 is 5.73 Å². The molecular formula is C14H22N2O2S. The fourth-order valence-corrected chi connectivity index (χ4v) is 4.23. The zero-order valence-corrected chi connectivity index (χ0v) is 12.4. The molecule has 0 bridgehead atoms. The number of nitrogens with two attached hydrogens (primary N) is 1. The van der Waals surface area contributed by atoms with Gasteiger partial charge in [-0.2, -0.15) is 0 Å². The van der Waals surface area contributed by atoms with Gasteiger partial charge in [-0.05, 0) is 43.9 Å². The van der Waals surface area contributed by atoms with E-state index in [0.717, 1.165) is 43.2 Å². The highest BCUT2D eigenvalue weighted by Crippen LogP contribution is 2.29. The first-order valence-corrected chi connectivity index (χ1v) is 8.34. The largest absolute Gasteiger partial charge is 0.398 e. The average Bonchev–Trinajstić information content (AvgIpc) is 2.40. The van der Waals surface area contributed by atoms with Gasteiger partial charge in [0.1, 0.15) is 0 Å². The van der Waals surface area contributed by atoms with Crippen LogP contribution in [0.25, 0.3) is 0 Å². The van der Waals surface area contributed by atoms with Gasteiger partial charge in [0.25, 0.3) is 0 Å². The molecule has 1 aliphatic carbocycles. The van der Waals surface area contributed by atoms with Crippen molar-refractivity contribution in [2.24, 2.45) is 0 Å². The molecule has 2 rings (SSSR count). The van der Waals surface area contributed by atoms with E-state index in [-0.39, 0.29) is 5.25 Å². The van der Waals surface area contributed by atoms with Gasteiger partial charge in [-0.3, -0.25) is 4.72 Å². The molecule has 1 aliphatic rings. The number of hydrogen-bond donors (Lipinski definition) is 2. The smallest absolute Gasteiger partial charge is 0.235 e. The third-order valence-electron chi connectivity index (χ3n) is 3.98. The van der Waals surface area contributed by atoms with E-state index in [4.69, 9.17) is 5.73 Å². The van der Waals surface area contributed by atoms with Crippen molar-refractivity contribution in [3.8, 4) is 0 Å². The van der Waals surface area contributed by atoms with Gasteiger partial charge in [-0.15, -0.1) is 0 Å². The van der Waals surface area contributed by atoms with Gasteiger partial charge in [0.2, 0.25) is 10.0 Å². The molecule has 1 fully saturated rings. The zero-order valence-electron chi connectivity index (χ0n) is 11.6. The number of hydrogen-bond acceptors (Lipinski definition) is 3. The van der Waals surface area contributed by atoms with Crippen molar-refractivity contribution >= 4 is 21.4 Å². The lowest BCUT2D eigenvalue weighted by Crippen LogP contribution is -2.30. The summed E-state index contributed by atoms with van der Waals surface area (Å²) in [6, 6.07) is 3.64. The number of rotatable bonds is 3. The average molecular weight is 282 g/mol. The molecule has 1 aromatic rings. The molecule has 1 aromatic carbocycles. The predicted octanol–water partition coefficient (Wildman–Crippen LogP) is 2.96. The quantitative estimate of drug-likeness (QED) is 0.837. The maximum atomic E-state index is 12.4. The topological polar surface area (TPSA) is 72.2 Å². The monoisotopic (exact) mass is 282 g/mol. The molecular weight excluding hydrogens is 260 g/mol. The number of nitrogen functional groups attached to an aromatic ring is 1. The number of anilines is 2. The van der Waals surface area contributed by atoms with Crippen LogP contribution in [0.2, 0.25) is 0 Å². The van der Waals surface area contributed by atoms with Crippen LogP contribution in [-0.4, -0.2) is 13.7 Å². The minimum absolute atomic E-state index is 0.261. The van der Waals surface area contributed by atoms with Gasteiger partial charge in [-0.25, -0.2) is 8.42 Å². The Balaban J connectivity index is 2.23. The molecule has 0 aromatic heterocycles. The summed E-state index contributed by atoms with van der Waals surface area (Å²) in [6.45, 7) is 3.77. The molecule has 0 amide bonds. The van der Waals surface area contributed by atoms with Crippen LogP contribution in [0, 0.1) is 13.8 Å². The zero-order chi connectivity index (χ0) is 14.0. The minimum Gasteiger partial charge on any atom is -0.398 e. The molecule has 3 N–H and O–H groups in total. The van der Waals surface area contributed by atoms with E-state index in [9.17, 15) is 8.42 Å². The number of benzene rings is 1. The predicted molar refractivity (Wildman–Crippen MR) is 79.7 cm³/mol. The van der Waals surface area contributed by atoms with Gasteiger partial charge >= 0.3 is 0 Å². The van der Waals surface area contributed by atoms with Crippen LogP contribution in [0.1, 0.15) is 43.2 Å². The highest BCUT2D eigenvalue weighted by Gasteiger charge is 2.27. The summed E-state index contributed by atoms with van der Waals surface area (Å²) in [5.74, 6) is 0. The molecule has 5 heteroatoms. The van der Waals surface area contributed by atoms with Crippen LogP contribution in [0.15, 0.2) is 12.1 Å². The maximum Gasteiger partial charge on any atom is 0.235 e. The van der Waals surface area contributed by atoms with Crippen LogP contribution in [0.3, 0.4) is 0 Å². The van der Waals surface area contributed by atoms with Crippen molar-refractivity contribution < 1.29 is 8.42 Å². The third kappa shape index (κ3) is 3.03.